The minimum atomic E-state index is -0.840. The third-order valence-electron chi connectivity index (χ3n) is 1.92. The highest BCUT2D eigenvalue weighted by atomic mass is 16.7. The van der Waals surface area contributed by atoms with Crippen LogP contribution in [0.4, 0.5) is 0 Å². The van der Waals surface area contributed by atoms with Gasteiger partial charge in [0, 0.05) is 26.1 Å². The van der Waals surface area contributed by atoms with E-state index in [1.807, 2.05) is 0 Å². The van der Waals surface area contributed by atoms with Gasteiger partial charge in [0.2, 0.25) is 18.2 Å². The Kier molecular flexibility index (Phi) is 4.03. The summed E-state index contributed by atoms with van der Waals surface area (Å²) in [4.78, 5) is 23.7. The van der Waals surface area contributed by atoms with Crippen molar-refractivity contribution in [3.8, 4) is 0 Å². The monoisotopic (exact) mass is 201 g/mol. The minimum absolute atomic E-state index is 0.220. The molecule has 80 valence electrons. The molecule has 5 heteroatoms. The van der Waals surface area contributed by atoms with Crippen LogP contribution in [0.15, 0.2) is 0 Å². The van der Waals surface area contributed by atoms with Crippen LogP contribution in [0.2, 0.25) is 0 Å². The maximum atomic E-state index is 11.3. The van der Waals surface area contributed by atoms with Gasteiger partial charge >= 0.3 is 0 Å². The molecule has 0 radical (unpaired) electrons. The average Bonchev–Trinajstić information content (AvgIpc) is 2.46. The molecule has 0 N–H and O–H groups in total. The Balaban J connectivity index is 2.65. The van der Waals surface area contributed by atoms with Crippen LogP contribution in [0.25, 0.3) is 0 Å². The first-order valence-electron chi connectivity index (χ1n) is 4.78. The molecule has 0 aromatic carbocycles. The van der Waals surface area contributed by atoms with Gasteiger partial charge in [0.25, 0.3) is 0 Å². The van der Waals surface area contributed by atoms with Crippen molar-refractivity contribution in [2.45, 2.75) is 33.1 Å². The topological polar surface area (TPSA) is 55.8 Å². The fraction of sp³-hybridized carbons (Fsp3) is 0.778. The maximum Gasteiger partial charge on any atom is 0.249 e. The molecule has 1 saturated heterocycles. The SMILES string of the molecule is CCOC(OCC)N1C(=O)CCC1=O. The van der Waals surface area contributed by atoms with Crippen molar-refractivity contribution in [2.24, 2.45) is 0 Å². The van der Waals surface area contributed by atoms with Crippen LogP contribution in [-0.4, -0.2) is 36.3 Å². The molecule has 1 heterocycles. The largest absolute Gasteiger partial charge is 0.335 e. The molecule has 1 rings (SSSR count). The van der Waals surface area contributed by atoms with Crippen molar-refractivity contribution in [2.75, 3.05) is 13.2 Å². The summed E-state index contributed by atoms with van der Waals surface area (Å²) in [5.74, 6) is -0.441. The van der Waals surface area contributed by atoms with E-state index in [1.54, 1.807) is 13.8 Å². The van der Waals surface area contributed by atoms with Crippen LogP contribution in [0.1, 0.15) is 26.7 Å². The van der Waals surface area contributed by atoms with E-state index in [0.717, 1.165) is 4.90 Å². The van der Waals surface area contributed by atoms with Gasteiger partial charge in [-0.15, -0.1) is 0 Å². The number of ether oxygens (including phenoxy) is 2. The normalized spacial score (nSPS) is 17.2. The second kappa shape index (κ2) is 5.07. The molecule has 0 saturated carbocycles. The molecule has 1 aliphatic heterocycles. The zero-order chi connectivity index (χ0) is 10.6. The maximum absolute atomic E-state index is 11.3. The summed E-state index contributed by atoms with van der Waals surface area (Å²) < 4.78 is 10.3. The molecule has 0 atom stereocenters. The molecule has 2 amide bonds. The summed E-state index contributed by atoms with van der Waals surface area (Å²) in [6.07, 6.45) is -0.321. The minimum Gasteiger partial charge on any atom is -0.335 e. The van der Waals surface area contributed by atoms with E-state index in [0.29, 0.717) is 13.2 Å². The molecular formula is C9H15NO4. The number of rotatable bonds is 5. The van der Waals surface area contributed by atoms with Crippen LogP contribution >= 0.6 is 0 Å². The van der Waals surface area contributed by atoms with Gasteiger partial charge in [0.15, 0.2) is 0 Å². The molecule has 0 aromatic heterocycles. The quantitative estimate of drug-likeness (QED) is 0.480. The number of imide groups is 1. The number of amides is 2. The zero-order valence-electron chi connectivity index (χ0n) is 8.49. The van der Waals surface area contributed by atoms with Gasteiger partial charge in [-0.1, -0.05) is 0 Å². The van der Waals surface area contributed by atoms with Gasteiger partial charge < -0.3 is 9.47 Å². The summed E-state index contributed by atoms with van der Waals surface area (Å²) in [6.45, 7) is 4.39. The molecular weight excluding hydrogens is 186 g/mol. The van der Waals surface area contributed by atoms with Crippen molar-refractivity contribution in [1.82, 2.24) is 4.90 Å². The number of carbonyl (C=O) groups excluding carboxylic acids is 2. The average molecular weight is 201 g/mol. The Labute approximate surface area is 83.0 Å². The summed E-state index contributed by atoms with van der Waals surface area (Å²) in [5, 5.41) is 0. The standard InChI is InChI=1S/C9H15NO4/c1-3-13-9(14-4-2)10-7(11)5-6-8(10)12/h9H,3-6H2,1-2H3. The molecule has 1 fully saturated rings. The lowest BCUT2D eigenvalue weighted by atomic mass is 10.4. The Bertz CT molecular complexity index is 207. The third kappa shape index (κ3) is 2.30. The first-order valence-corrected chi connectivity index (χ1v) is 4.78. The summed E-state index contributed by atoms with van der Waals surface area (Å²) in [7, 11) is 0. The number of hydrogen-bond acceptors (Lipinski definition) is 4. The van der Waals surface area contributed by atoms with E-state index in [-0.39, 0.29) is 24.7 Å². The predicted molar refractivity (Wildman–Crippen MR) is 48.1 cm³/mol. The van der Waals surface area contributed by atoms with Crippen LogP contribution < -0.4 is 0 Å². The van der Waals surface area contributed by atoms with E-state index in [9.17, 15) is 9.59 Å². The van der Waals surface area contributed by atoms with E-state index in [2.05, 4.69) is 0 Å². The van der Waals surface area contributed by atoms with Gasteiger partial charge in [-0.2, -0.15) is 0 Å². The Hall–Kier alpha value is -0.940. The van der Waals surface area contributed by atoms with E-state index in [1.165, 1.54) is 0 Å². The fourth-order valence-electron chi connectivity index (χ4n) is 1.31. The molecule has 14 heavy (non-hydrogen) atoms. The lowest BCUT2D eigenvalue weighted by molar-refractivity contribution is -0.215. The van der Waals surface area contributed by atoms with Gasteiger partial charge in [-0.25, -0.2) is 4.90 Å². The van der Waals surface area contributed by atoms with E-state index >= 15 is 0 Å². The van der Waals surface area contributed by atoms with Gasteiger partial charge in [0.05, 0.1) is 0 Å². The predicted octanol–water partition coefficient (Wildman–Crippen LogP) is 0.492. The van der Waals surface area contributed by atoms with Gasteiger partial charge in [0.1, 0.15) is 0 Å². The number of likely N-dealkylation sites (tertiary alicyclic amines) is 1. The first-order chi connectivity index (χ1) is 6.70. The Morgan fingerprint density at radius 3 is 1.93 bits per heavy atom. The lowest BCUT2D eigenvalue weighted by Crippen LogP contribution is -2.43. The lowest BCUT2D eigenvalue weighted by Gasteiger charge is -2.24. The number of hydrogen-bond donors (Lipinski definition) is 0. The van der Waals surface area contributed by atoms with Crippen LogP contribution in [0.3, 0.4) is 0 Å². The van der Waals surface area contributed by atoms with Crippen molar-refractivity contribution >= 4 is 11.8 Å². The zero-order valence-corrected chi connectivity index (χ0v) is 8.49. The van der Waals surface area contributed by atoms with E-state index < -0.39 is 6.41 Å². The summed E-state index contributed by atoms with van der Waals surface area (Å²) in [6, 6.07) is 0. The first kappa shape index (κ1) is 11.1. The van der Waals surface area contributed by atoms with Crippen molar-refractivity contribution < 1.29 is 19.1 Å². The molecule has 0 spiro atoms. The summed E-state index contributed by atoms with van der Waals surface area (Å²) >= 11 is 0. The third-order valence-corrected chi connectivity index (χ3v) is 1.92. The van der Waals surface area contributed by atoms with Crippen LogP contribution in [-0.2, 0) is 19.1 Å². The van der Waals surface area contributed by atoms with Crippen LogP contribution in [0, 0.1) is 0 Å². The molecule has 0 aromatic rings. The molecule has 0 aliphatic carbocycles. The van der Waals surface area contributed by atoms with Crippen molar-refractivity contribution in [3.05, 3.63) is 0 Å². The highest BCUT2D eigenvalue weighted by Crippen LogP contribution is 2.16. The highest BCUT2D eigenvalue weighted by Gasteiger charge is 2.35. The van der Waals surface area contributed by atoms with Crippen molar-refractivity contribution in [3.63, 3.8) is 0 Å². The molecule has 0 unspecified atom stereocenters. The molecule has 1 aliphatic rings. The smallest absolute Gasteiger partial charge is 0.249 e. The fourth-order valence-corrected chi connectivity index (χ4v) is 1.31. The number of carbonyl (C=O) groups is 2. The van der Waals surface area contributed by atoms with Gasteiger partial charge in [-0.05, 0) is 13.8 Å². The molecule has 0 bridgehead atoms. The number of nitrogens with zero attached hydrogens (tertiary/aromatic N) is 1. The Morgan fingerprint density at radius 2 is 1.57 bits per heavy atom. The second-order valence-corrected chi connectivity index (χ2v) is 2.88. The molecule has 5 nitrogen and oxygen atoms in total. The highest BCUT2D eigenvalue weighted by molar-refractivity contribution is 6.01. The van der Waals surface area contributed by atoms with Crippen LogP contribution in [0.5, 0.6) is 0 Å². The second-order valence-electron chi connectivity index (χ2n) is 2.88. The summed E-state index contributed by atoms with van der Waals surface area (Å²) in [5.41, 5.74) is 0. The van der Waals surface area contributed by atoms with E-state index in [4.69, 9.17) is 9.47 Å². The Morgan fingerprint density at radius 1 is 1.14 bits per heavy atom. The van der Waals surface area contributed by atoms with Crippen molar-refractivity contribution in [1.29, 1.82) is 0 Å². The van der Waals surface area contributed by atoms with Gasteiger partial charge in [-0.3, -0.25) is 9.59 Å².